The van der Waals surface area contributed by atoms with Gasteiger partial charge in [0.1, 0.15) is 0 Å². The molecule has 0 fully saturated rings. The largest absolute Gasteiger partial charge is 0.200 e. The lowest BCUT2D eigenvalue weighted by Gasteiger charge is -2.34. The van der Waals surface area contributed by atoms with E-state index >= 15 is 0 Å². The Morgan fingerprint density at radius 3 is 1.25 bits per heavy atom. The average molecular weight is 177 g/mol. The Balaban J connectivity index is 4.08. The van der Waals surface area contributed by atoms with Gasteiger partial charge in [0, 0.05) is 26.2 Å². The van der Waals surface area contributed by atoms with E-state index < -0.39 is 0 Å². The minimum absolute atomic E-state index is 0.163. The molecule has 0 aromatic carbocycles. The fraction of sp³-hybridized carbons (Fsp3) is 1.00. The van der Waals surface area contributed by atoms with E-state index in [-0.39, 0.29) is 12.1 Å². The van der Waals surface area contributed by atoms with Gasteiger partial charge in [-0.25, -0.2) is 0 Å². The third-order valence-corrected chi connectivity index (χ3v) is 2.02. The Bertz CT molecular complexity index is 113. The molecular formula is C8H20FN3. The normalized spacial score (nSPS) is 13.0. The van der Waals surface area contributed by atoms with Gasteiger partial charge in [0.15, 0.2) is 0 Å². The van der Waals surface area contributed by atoms with E-state index in [1.165, 1.54) is 0 Å². The van der Waals surface area contributed by atoms with Crippen LogP contribution in [0.1, 0.15) is 27.7 Å². The molecule has 0 rings (SSSR count). The van der Waals surface area contributed by atoms with Crippen LogP contribution < -0.4 is 0 Å². The average Bonchev–Trinajstić information content (AvgIpc) is 2.00. The maximum Gasteiger partial charge on any atom is 0.0225 e. The van der Waals surface area contributed by atoms with Gasteiger partial charge in [-0.3, -0.25) is 0 Å². The summed E-state index contributed by atoms with van der Waals surface area (Å²) < 4.78 is 13.4. The molecule has 3 nitrogen and oxygen atoms in total. The second kappa shape index (κ2) is 4.74. The van der Waals surface area contributed by atoms with E-state index in [1.807, 2.05) is 27.7 Å². The predicted octanol–water partition coefficient (Wildman–Crippen LogP) is 1.68. The summed E-state index contributed by atoms with van der Waals surface area (Å²) in [5.74, 6) is 0. The number of nitrogens with zero attached hydrogens (tertiary/aromatic N) is 3. The van der Waals surface area contributed by atoms with E-state index in [1.54, 1.807) is 24.1 Å². The first-order chi connectivity index (χ1) is 5.37. The molecular weight excluding hydrogens is 157 g/mol. The lowest BCUT2D eigenvalue weighted by molar-refractivity contribution is -0.306. The molecule has 0 unspecified atom stereocenters. The molecule has 0 amide bonds. The highest BCUT2D eigenvalue weighted by atomic mass is 19.2. The molecule has 0 aliphatic rings. The lowest BCUT2D eigenvalue weighted by Crippen LogP contribution is -2.50. The van der Waals surface area contributed by atoms with Gasteiger partial charge in [-0.1, -0.05) is 0 Å². The number of hydrazine groups is 2. The molecule has 0 spiro atoms. The smallest absolute Gasteiger partial charge is 0.0225 e. The van der Waals surface area contributed by atoms with Crippen molar-refractivity contribution in [1.82, 2.24) is 15.4 Å². The summed E-state index contributed by atoms with van der Waals surface area (Å²) in [6, 6.07) is 0.326. The van der Waals surface area contributed by atoms with Gasteiger partial charge in [0.05, 0.1) is 0 Å². The first-order valence-electron chi connectivity index (χ1n) is 4.29. The Kier molecular flexibility index (Phi) is 4.67. The van der Waals surface area contributed by atoms with Gasteiger partial charge in [-0.05, 0) is 33.0 Å². The van der Waals surface area contributed by atoms with Crippen LogP contribution in [0.3, 0.4) is 0 Å². The number of hydrogen-bond donors (Lipinski definition) is 0. The molecule has 0 bridgehead atoms. The third kappa shape index (κ3) is 3.05. The van der Waals surface area contributed by atoms with E-state index in [9.17, 15) is 4.48 Å². The Hall–Kier alpha value is -0.190. The van der Waals surface area contributed by atoms with E-state index in [0.717, 1.165) is 0 Å². The molecule has 0 saturated carbocycles. The first kappa shape index (κ1) is 11.8. The van der Waals surface area contributed by atoms with Crippen molar-refractivity contribution in [1.29, 1.82) is 0 Å². The van der Waals surface area contributed by atoms with Crippen molar-refractivity contribution in [2.24, 2.45) is 0 Å². The summed E-state index contributed by atoms with van der Waals surface area (Å²) in [5.41, 5.74) is 0. The summed E-state index contributed by atoms with van der Waals surface area (Å²) >= 11 is 0. The van der Waals surface area contributed by atoms with Crippen LogP contribution in [-0.2, 0) is 0 Å². The van der Waals surface area contributed by atoms with Gasteiger partial charge >= 0.3 is 0 Å². The molecule has 0 heterocycles. The topological polar surface area (TPSA) is 9.72 Å². The van der Waals surface area contributed by atoms with Crippen molar-refractivity contribution >= 4 is 0 Å². The van der Waals surface area contributed by atoms with Crippen LogP contribution in [-0.4, -0.2) is 41.5 Å². The molecule has 74 valence electrons. The zero-order valence-corrected chi connectivity index (χ0v) is 8.87. The summed E-state index contributed by atoms with van der Waals surface area (Å²) in [7, 11) is 3.45. The van der Waals surface area contributed by atoms with Gasteiger partial charge < -0.3 is 0 Å². The minimum Gasteiger partial charge on any atom is -0.200 e. The quantitative estimate of drug-likeness (QED) is 0.478. The molecule has 0 aromatic rings. The summed E-state index contributed by atoms with van der Waals surface area (Å²) in [5, 5.41) is 3.73. The molecule has 4 heteroatoms. The van der Waals surface area contributed by atoms with E-state index in [4.69, 9.17) is 0 Å². The molecule has 0 aliphatic heterocycles. The highest BCUT2D eigenvalue weighted by Gasteiger charge is 2.19. The predicted molar refractivity (Wildman–Crippen MR) is 48.7 cm³/mol. The van der Waals surface area contributed by atoms with Crippen LogP contribution in [0.2, 0.25) is 0 Å². The summed E-state index contributed by atoms with van der Waals surface area (Å²) in [6.45, 7) is 7.78. The van der Waals surface area contributed by atoms with E-state index in [2.05, 4.69) is 0 Å². The molecule has 12 heavy (non-hydrogen) atoms. The van der Waals surface area contributed by atoms with Gasteiger partial charge in [0.25, 0.3) is 0 Å². The molecule has 0 N–H and O–H groups in total. The molecule has 0 aliphatic carbocycles. The Morgan fingerprint density at radius 2 is 1.08 bits per heavy atom. The first-order valence-corrected chi connectivity index (χ1v) is 4.29. The minimum atomic E-state index is 0.163. The molecule has 0 radical (unpaired) electrons. The maximum atomic E-state index is 13.4. The zero-order valence-electron chi connectivity index (χ0n) is 8.87. The van der Waals surface area contributed by atoms with Gasteiger partial charge in [-0.2, -0.15) is 10.0 Å². The fourth-order valence-electron chi connectivity index (χ4n) is 0.604. The van der Waals surface area contributed by atoms with Crippen LogP contribution in [0.15, 0.2) is 0 Å². The number of halogens is 1. The van der Waals surface area contributed by atoms with Crippen LogP contribution in [0, 0.1) is 0 Å². The zero-order chi connectivity index (χ0) is 9.89. The number of rotatable bonds is 4. The Labute approximate surface area is 74.6 Å². The SMILES string of the molecule is CC(C)N(C)N(F)N(C)C(C)C. The molecule has 0 saturated heterocycles. The molecule has 0 atom stereocenters. The van der Waals surface area contributed by atoms with Crippen LogP contribution in [0.4, 0.5) is 4.48 Å². The van der Waals surface area contributed by atoms with E-state index in [0.29, 0.717) is 5.34 Å². The summed E-state index contributed by atoms with van der Waals surface area (Å²) in [6.07, 6.45) is 0. The third-order valence-electron chi connectivity index (χ3n) is 2.02. The maximum absolute atomic E-state index is 13.4. The van der Waals surface area contributed by atoms with Crippen LogP contribution >= 0.6 is 0 Å². The second-order valence-electron chi connectivity index (χ2n) is 3.58. The standard InChI is InChI=1S/C8H20FN3/c1-7(2)10(5)12(9)11(6)8(3)4/h7-8H,1-6H3. The van der Waals surface area contributed by atoms with Gasteiger partial charge in [0.2, 0.25) is 0 Å². The van der Waals surface area contributed by atoms with Crippen molar-refractivity contribution in [3.05, 3.63) is 0 Å². The number of hydrogen-bond acceptors (Lipinski definition) is 3. The van der Waals surface area contributed by atoms with Crippen molar-refractivity contribution in [2.75, 3.05) is 14.1 Å². The van der Waals surface area contributed by atoms with Crippen molar-refractivity contribution in [2.45, 2.75) is 39.8 Å². The summed E-state index contributed by atoms with van der Waals surface area (Å²) in [4.78, 5) is 0. The van der Waals surface area contributed by atoms with Crippen LogP contribution in [0.5, 0.6) is 0 Å². The lowest BCUT2D eigenvalue weighted by atomic mass is 10.4. The van der Waals surface area contributed by atoms with Gasteiger partial charge in [-0.15, -0.1) is 4.48 Å². The van der Waals surface area contributed by atoms with Crippen molar-refractivity contribution in [3.63, 3.8) is 0 Å². The molecule has 0 aromatic heterocycles. The highest BCUT2D eigenvalue weighted by Crippen LogP contribution is 2.07. The second-order valence-corrected chi connectivity index (χ2v) is 3.58. The van der Waals surface area contributed by atoms with Crippen molar-refractivity contribution < 1.29 is 4.48 Å². The fourth-order valence-corrected chi connectivity index (χ4v) is 0.604. The highest BCUT2D eigenvalue weighted by molar-refractivity contribution is 4.52. The van der Waals surface area contributed by atoms with Crippen LogP contribution in [0.25, 0.3) is 0 Å². The monoisotopic (exact) mass is 177 g/mol. The van der Waals surface area contributed by atoms with Crippen molar-refractivity contribution in [3.8, 4) is 0 Å². The Morgan fingerprint density at radius 1 is 0.833 bits per heavy atom.